The minimum absolute atomic E-state index is 0.326. The highest BCUT2D eigenvalue weighted by Gasteiger charge is 2.37. The number of hydrogen-bond acceptors (Lipinski definition) is 1. The van der Waals surface area contributed by atoms with Gasteiger partial charge in [0.1, 0.15) is 0 Å². The molecule has 3 rings (SSSR count). The molecule has 2 aromatic rings. The highest BCUT2D eigenvalue weighted by atomic mass is 19.2. The highest BCUT2D eigenvalue weighted by Crippen LogP contribution is 2.38. The minimum atomic E-state index is -1.06. The van der Waals surface area contributed by atoms with Gasteiger partial charge >= 0.3 is 0 Å². The van der Waals surface area contributed by atoms with Gasteiger partial charge in [0, 0.05) is 12.8 Å². The SMILES string of the molecule is CCCc1ccc(C2(O)Cc3cc(F)c(F)cc3C2)cc1. The molecule has 3 heteroatoms. The summed E-state index contributed by atoms with van der Waals surface area (Å²) in [6.07, 6.45) is 2.74. The Hall–Kier alpha value is -1.74. The van der Waals surface area contributed by atoms with E-state index in [0.717, 1.165) is 18.4 Å². The van der Waals surface area contributed by atoms with Gasteiger partial charge in [0.25, 0.3) is 0 Å². The molecule has 1 aliphatic carbocycles. The lowest BCUT2D eigenvalue weighted by Gasteiger charge is -2.23. The van der Waals surface area contributed by atoms with Gasteiger partial charge in [0.2, 0.25) is 0 Å². The van der Waals surface area contributed by atoms with Crippen LogP contribution in [0.2, 0.25) is 0 Å². The minimum Gasteiger partial charge on any atom is -0.384 e. The third kappa shape index (κ3) is 2.58. The Labute approximate surface area is 123 Å². The van der Waals surface area contributed by atoms with Crippen LogP contribution in [0.3, 0.4) is 0 Å². The van der Waals surface area contributed by atoms with Crippen LogP contribution in [0.1, 0.15) is 35.6 Å². The zero-order valence-electron chi connectivity index (χ0n) is 12.0. The number of aliphatic hydroxyl groups is 1. The van der Waals surface area contributed by atoms with Crippen LogP contribution in [0.4, 0.5) is 8.78 Å². The molecule has 0 aromatic heterocycles. The van der Waals surface area contributed by atoms with E-state index < -0.39 is 17.2 Å². The summed E-state index contributed by atoms with van der Waals surface area (Å²) in [5, 5.41) is 10.8. The van der Waals surface area contributed by atoms with E-state index in [1.54, 1.807) is 0 Å². The third-order valence-corrected chi connectivity index (χ3v) is 4.24. The molecule has 0 fully saturated rings. The Balaban J connectivity index is 1.89. The Morgan fingerprint density at radius 3 is 2.00 bits per heavy atom. The fourth-order valence-corrected chi connectivity index (χ4v) is 3.13. The normalized spacial score (nSPS) is 16.0. The summed E-state index contributed by atoms with van der Waals surface area (Å²) in [5.74, 6) is -1.70. The summed E-state index contributed by atoms with van der Waals surface area (Å²) >= 11 is 0. The summed E-state index contributed by atoms with van der Waals surface area (Å²) in [6, 6.07) is 10.3. The van der Waals surface area contributed by atoms with Crippen molar-refractivity contribution in [2.75, 3.05) is 0 Å². The fourth-order valence-electron chi connectivity index (χ4n) is 3.13. The van der Waals surface area contributed by atoms with Crippen molar-refractivity contribution >= 4 is 0 Å². The second-order valence-electron chi connectivity index (χ2n) is 5.87. The maximum absolute atomic E-state index is 13.3. The molecule has 21 heavy (non-hydrogen) atoms. The maximum Gasteiger partial charge on any atom is 0.159 e. The predicted octanol–water partition coefficient (Wildman–Crippen LogP) is 3.90. The average Bonchev–Trinajstić information content (AvgIpc) is 2.77. The second kappa shape index (κ2) is 5.23. The van der Waals surface area contributed by atoms with E-state index in [2.05, 4.69) is 6.92 Å². The second-order valence-corrected chi connectivity index (χ2v) is 5.87. The van der Waals surface area contributed by atoms with Crippen molar-refractivity contribution in [2.24, 2.45) is 0 Å². The molecule has 0 atom stereocenters. The zero-order chi connectivity index (χ0) is 15.0. The van der Waals surface area contributed by atoms with E-state index >= 15 is 0 Å². The molecule has 0 aliphatic heterocycles. The molecule has 1 nitrogen and oxygen atoms in total. The van der Waals surface area contributed by atoms with Crippen LogP contribution in [0.25, 0.3) is 0 Å². The number of hydrogen-bond donors (Lipinski definition) is 1. The highest BCUT2D eigenvalue weighted by molar-refractivity contribution is 5.41. The molecule has 0 spiro atoms. The summed E-state index contributed by atoms with van der Waals surface area (Å²) < 4.78 is 26.6. The van der Waals surface area contributed by atoms with Crippen LogP contribution in [0.15, 0.2) is 36.4 Å². The lowest BCUT2D eigenvalue weighted by molar-refractivity contribution is 0.0482. The zero-order valence-corrected chi connectivity index (χ0v) is 12.0. The van der Waals surface area contributed by atoms with Crippen LogP contribution in [0, 0.1) is 11.6 Å². The lowest BCUT2D eigenvalue weighted by Crippen LogP contribution is -2.26. The van der Waals surface area contributed by atoms with Gasteiger partial charge in [-0.05, 0) is 40.8 Å². The van der Waals surface area contributed by atoms with Crippen molar-refractivity contribution in [3.05, 3.63) is 70.3 Å². The number of benzene rings is 2. The first-order valence-electron chi connectivity index (χ1n) is 7.30. The Morgan fingerprint density at radius 1 is 1.00 bits per heavy atom. The van der Waals surface area contributed by atoms with Crippen molar-refractivity contribution in [3.63, 3.8) is 0 Å². The molecule has 1 N–H and O–H groups in total. The lowest BCUT2D eigenvalue weighted by atomic mass is 9.90. The van der Waals surface area contributed by atoms with Crippen molar-refractivity contribution in [1.29, 1.82) is 0 Å². The van der Waals surface area contributed by atoms with E-state index in [4.69, 9.17) is 0 Å². The van der Waals surface area contributed by atoms with Crippen LogP contribution in [0.5, 0.6) is 0 Å². The Kier molecular flexibility index (Phi) is 3.54. The van der Waals surface area contributed by atoms with Gasteiger partial charge < -0.3 is 5.11 Å². The largest absolute Gasteiger partial charge is 0.384 e. The standard InChI is InChI=1S/C18H18F2O/c1-2-3-12-4-6-15(7-5-12)18(21)10-13-8-16(19)17(20)9-14(13)11-18/h4-9,21H,2-3,10-11H2,1H3. The third-order valence-electron chi connectivity index (χ3n) is 4.24. The first kappa shape index (κ1) is 14.2. The Morgan fingerprint density at radius 2 is 1.52 bits per heavy atom. The van der Waals surface area contributed by atoms with E-state index in [9.17, 15) is 13.9 Å². The molecule has 0 saturated carbocycles. The molecule has 2 aromatic carbocycles. The molecule has 1 aliphatic rings. The smallest absolute Gasteiger partial charge is 0.159 e. The molecule has 0 unspecified atom stereocenters. The molecule has 0 saturated heterocycles. The predicted molar refractivity (Wildman–Crippen MR) is 78.1 cm³/mol. The van der Waals surface area contributed by atoms with E-state index in [0.29, 0.717) is 24.0 Å². The molecule has 110 valence electrons. The fraction of sp³-hybridized carbons (Fsp3) is 0.333. The van der Waals surface area contributed by atoms with Crippen LogP contribution < -0.4 is 0 Å². The first-order valence-corrected chi connectivity index (χ1v) is 7.30. The van der Waals surface area contributed by atoms with Crippen LogP contribution >= 0.6 is 0 Å². The van der Waals surface area contributed by atoms with Crippen LogP contribution in [-0.2, 0) is 24.9 Å². The van der Waals surface area contributed by atoms with E-state index in [-0.39, 0.29) is 0 Å². The van der Waals surface area contributed by atoms with Gasteiger partial charge in [-0.25, -0.2) is 8.78 Å². The number of aryl methyl sites for hydroxylation is 1. The topological polar surface area (TPSA) is 20.2 Å². The van der Waals surface area contributed by atoms with Gasteiger partial charge in [-0.1, -0.05) is 37.6 Å². The molecule has 0 heterocycles. The van der Waals surface area contributed by atoms with E-state index in [1.165, 1.54) is 17.7 Å². The number of rotatable bonds is 3. The van der Waals surface area contributed by atoms with Gasteiger partial charge in [0.05, 0.1) is 5.60 Å². The molecule has 0 amide bonds. The summed E-state index contributed by atoms with van der Waals surface area (Å²) in [7, 11) is 0. The monoisotopic (exact) mass is 288 g/mol. The van der Waals surface area contributed by atoms with Crippen molar-refractivity contribution in [3.8, 4) is 0 Å². The Bertz CT molecular complexity index is 631. The van der Waals surface area contributed by atoms with Gasteiger partial charge in [0.15, 0.2) is 11.6 Å². The summed E-state index contributed by atoms with van der Waals surface area (Å²) in [4.78, 5) is 0. The summed E-state index contributed by atoms with van der Waals surface area (Å²) in [6.45, 7) is 2.12. The quantitative estimate of drug-likeness (QED) is 0.908. The molecular formula is C18H18F2O. The molecule has 0 radical (unpaired) electrons. The maximum atomic E-state index is 13.3. The molecular weight excluding hydrogens is 270 g/mol. The number of halogens is 2. The first-order chi connectivity index (χ1) is 10.0. The molecule has 0 bridgehead atoms. The van der Waals surface area contributed by atoms with Crippen molar-refractivity contribution < 1.29 is 13.9 Å². The van der Waals surface area contributed by atoms with Gasteiger partial charge in [-0.15, -0.1) is 0 Å². The van der Waals surface area contributed by atoms with Gasteiger partial charge in [-0.3, -0.25) is 0 Å². The average molecular weight is 288 g/mol. The van der Waals surface area contributed by atoms with E-state index in [1.807, 2.05) is 24.3 Å². The number of fused-ring (bicyclic) bond motifs is 1. The van der Waals surface area contributed by atoms with Crippen molar-refractivity contribution in [2.45, 2.75) is 38.2 Å². The van der Waals surface area contributed by atoms with Crippen molar-refractivity contribution in [1.82, 2.24) is 0 Å². The summed E-state index contributed by atoms with van der Waals surface area (Å²) in [5.41, 5.74) is 2.35. The van der Waals surface area contributed by atoms with Gasteiger partial charge in [-0.2, -0.15) is 0 Å². The van der Waals surface area contributed by atoms with Crippen LogP contribution in [-0.4, -0.2) is 5.11 Å².